The number of halogens is 1. The van der Waals surface area contributed by atoms with Crippen LogP contribution in [0.1, 0.15) is 43.1 Å². The number of imidazole rings is 1. The quantitative estimate of drug-likeness (QED) is 0.754. The first-order valence-electron chi connectivity index (χ1n) is 7.32. The van der Waals surface area contributed by atoms with Gasteiger partial charge in [0, 0.05) is 6.04 Å². The average molecular weight is 275 g/mol. The summed E-state index contributed by atoms with van der Waals surface area (Å²) in [5.41, 5.74) is 3.69. The van der Waals surface area contributed by atoms with Gasteiger partial charge in [-0.3, -0.25) is 0 Å². The van der Waals surface area contributed by atoms with Crippen molar-refractivity contribution in [2.45, 2.75) is 44.5 Å². The number of hydrogen-bond acceptors (Lipinski definition) is 1. The Morgan fingerprint density at radius 1 is 1.26 bits per heavy atom. The molecule has 4 rings (SSSR count). The summed E-state index contributed by atoms with van der Waals surface area (Å²) in [7, 11) is 0. The van der Waals surface area contributed by atoms with Crippen molar-refractivity contribution < 1.29 is 0 Å². The normalized spacial score (nSPS) is 19.5. The number of rotatable bonds is 4. The molecule has 2 fully saturated rings. The minimum absolute atomic E-state index is 0.518. The van der Waals surface area contributed by atoms with Crippen molar-refractivity contribution in [3.05, 3.63) is 29.6 Å². The number of benzene rings is 1. The average Bonchev–Trinajstić information content (AvgIpc) is 3.29. The molecule has 100 valence electrons. The van der Waals surface area contributed by atoms with E-state index in [1.165, 1.54) is 36.8 Å². The van der Waals surface area contributed by atoms with Gasteiger partial charge in [-0.2, -0.15) is 0 Å². The molecule has 2 aliphatic rings. The molecule has 2 aromatic rings. The lowest BCUT2D eigenvalue weighted by Crippen LogP contribution is -2.15. The highest BCUT2D eigenvalue weighted by molar-refractivity contribution is 6.16. The Kier molecular flexibility index (Phi) is 2.63. The Morgan fingerprint density at radius 3 is 2.53 bits per heavy atom. The Bertz CT molecular complexity index is 611. The molecule has 0 atom stereocenters. The molecule has 0 saturated heterocycles. The third kappa shape index (κ3) is 1.88. The van der Waals surface area contributed by atoms with Crippen molar-refractivity contribution in [1.82, 2.24) is 9.55 Å². The fourth-order valence-corrected chi connectivity index (χ4v) is 3.60. The molecule has 2 nitrogen and oxygen atoms in total. The number of aryl methyl sites for hydroxylation is 1. The van der Waals surface area contributed by atoms with Gasteiger partial charge in [-0.15, -0.1) is 11.6 Å². The van der Waals surface area contributed by atoms with Gasteiger partial charge in [0.25, 0.3) is 0 Å². The van der Waals surface area contributed by atoms with Crippen molar-refractivity contribution in [1.29, 1.82) is 0 Å². The molecule has 2 saturated carbocycles. The molecule has 0 radical (unpaired) electrons. The van der Waals surface area contributed by atoms with Crippen molar-refractivity contribution >= 4 is 22.6 Å². The molecule has 19 heavy (non-hydrogen) atoms. The van der Waals surface area contributed by atoms with Gasteiger partial charge in [-0.25, -0.2) is 4.98 Å². The standard InChI is InChI=1S/C16H19ClN2/c1-10-3-2-4-13-15(10)18-14(9-17)19(13)16(11-5-6-11)12-7-8-12/h2-4,11-12,16H,5-9H2,1H3. The van der Waals surface area contributed by atoms with Crippen LogP contribution in [0.25, 0.3) is 11.0 Å². The number of hydrogen-bond donors (Lipinski definition) is 0. The lowest BCUT2D eigenvalue weighted by Gasteiger charge is -2.21. The monoisotopic (exact) mass is 274 g/mol. The number of fused-ring (bicyclic) bond motifs is 1. The van der Waals surface area contributed by atoms with Gasteiger partial charge in [0.1, 0.15) is 5.82 Å². The maximum Gasteiger partial charge on any atom is 0.125 e. The molecule has 0 spiro atoms. The first-order valence-corrected chi connectivity index (χ1v) is 7.85. The lowest BCUT2D eigenvalue weighted by molar-refractivity contribution is 0.396. The van der Waals surface area contributed by atoms with Crippen LogP contribution in [0.4, 0.5) is 0 Å². The van der Waals surface area contributed by atoms with Gasteiger partial charge < -0.3 is 4.57 Å². The molecule has 3 heteroatoms. The van der Waals surface area contributed by atoms with E-state index in [4.69, 9.17) is 16.6 Å². The van der Waals surface area contributed by atoms with E-state index in [0.717, 1.165) is 23.2 Å². The SMILES string of the molecule is Cc1cccc2c1nc(CCl)n2C(C1CC1)C1CC1. The van der Waals surface area contributed by atoms with E-state index in [0.29, 0.717) is 11.9 Å². The highest BCUT2D eigenvalue weighted by Crippen LogP contribution is 2.53. The van der Waals surface area contributed by atoms with Crippen LogP contribution in [0.3, 0.4) is 0 Å². The molecule has 0 amide bonds. The van der Waals surface area contributed by atoms with E-state index in [1.54, 1.807) is 0 Å². The molecule has 0 N–H and O–H groups in total. The summed E-state index contributed by atoms with van der Waals surface area (Å²) in [6.45, 7) is 2.14. The first kappa shape index (κ1) is 11.8. The largest absolute Gasteiger partial charge is 0.323 e. The molecular formula is C16H19ClN2. The predicted molar refractivity (Wildman–Crippen MR) is 78.5 cm³/mol. The first-order chi connectivity index (χ1) is 9.29. The van der Waals surface area contributed by atoms with Crippen molar-refractivity contribution in [3.8, 4) is 0 Å². The molecule has 2 aliphatic carbocycles. The second-order valence-corrected chi connectivity index (χ2v) is 6.41. The molecule has 1 aromatic heterocycles. The van der Waals surface area contributed by atoms with Crippen LogP contribution in [0, 0.1) is 18.8 Å². The van der Waals surface area contributed by atoms with Crippen LogP contribution in [-0.2, 0) is 5.88 Å². The van der Waals surface area contributed by atoms with Gasteiger partial charge in [0.15, 0.2) is 0 Å². The van der Waals surface area contributed by atoms with Crippen LogP contribution in [0.5, 0.6) is 0 Å². The van der Waals surface area contributed by atoms with Crippen molar-refractivity contribution in [3.63, 3.8) is 0 Å². The van der Waals surface area contributed by atoms with Crippen molar-refractivity contribution in [2.24, 2.45) is 11.8 Å². The van der Waals surface area contributed by atoms with E-state index in [9.17, 15) is 0 Å². The summed E-state index contributed by atoms with van der Waals surface area (Å²) < 4.78 is 2.48. The van der Waals surface area contributed by atoms with Crippen LogP contribution < -0.4 is 0 Å². The van der Waals surface area contributed by atoms with Gasteiger partial charge in [-0.05, 0) is 56.1 Å². The molecule has 1 aromatic carbocycles. The highest BCUT2D eigenvalue weighted by Gasteiger charge is 2.43. The number of para-hydroxylation sites is 1. The maximum atomic E-state index is 6.17. The van der Waals surface area contributed by atoms with E-state index in [2.05, 4.69) is 29.7 Å². The fourth-order valence-electron chi connectivity index (χ4n) is 3.41. The molecule has 0 bridgehead atoms. The minimum atomic E-state index is 0.518. The van der Waals surface area contributed by atoms with E-state index in [-0.39, 0.29) is 0 Å². The van der Waals surface area contributed by atoms with Crippen molar-refractivity contribution in [2.75, 3.05) is 0 Å². The molecular weight excluding hydrogens is 256 g/mol. The van der Waals surface area contributed by atoms with Gasteiger partial charge in [0.05, 0.1) is 16.9 Å². The van der Waals surface area contributed by atoms with Crippen LogP contribution >= 0.6 is 11.6 Å². The summed E-state index contributed by atoms with van der Waals surface area (Å²) in [5.74, 6) is 3.32. The minimum Gasteiger partial charge on any atom is -0.323 e. The number of alkyl halides is 1. The Labute approximate surface area is 118 Å². The van der Waals surface area contributed by atoms with Crippen LogP contribution in [0.2, 0.25) is 0 Å². The van der Waals surface area contributed by atoms with Gasteiger partial charge in [-0.1, -0.05) is 12.1 Å². The maximum absolute atomic E-state index is 6.17. The zero-order valence-corrected chi connectivity index (χ0v) is 12.0. The lowest BCUT2D eigenvalue weighted by atomic mass is 10.1. The number of aromatic nitrogens is 2. The van der Waals surface area contributed by atoms with Gasteiger partial charge in [0.2, 0.25) is 0 Å². The van der Waals surface area contributed by atoms with E-state index < -0.39 is 0 Å². The summed E-state index contributed by atoms with van der Waals surface area (Å²) in [4.78, 5) is 4.80. The van der Waals surface area contributed by atoms with Crippen LogP contribution in [0.15, 0.2) is 18.2 Å². The second kappa shape index (κ2) is 4.24. The smallest absolute Gasteiger partial charge is 0.125 e. The predicted octanol–water partition coefficient (Wildman–Crippen LogP) is 4.44. The second-order valence-electron chi connectivity index (χ2n) is 6.14. The van der Waals surface area contributed by atoms with Crippen LogP contribution in [-0.4, -0.2) is 9.55 Å². The summed E-state index contributed by atoms with van der Waals surface area (Å²) in [6.07, 6.45) is 5.53. The topological polar surface area (TPSA) is 17.8 Å². The Morgan fingerprint density at radius 2 is 1.95 bits per heavy atom. The number of nitrogens with zero attached hydrogens (tertiary/aromatic N) is 2. The summed E-state index contributed by atoms with van der Waals surface area (Å²) in [5, 5.41) is 0. The third-order valence-electron chi connectivity index (χ3n) is 4.62. The molecule has 0 unspecified atom stereocenters. The van der Waals surface area contributed by atoms with Gasteiger partial charge >= 0.3 is 0 Å². The highest BCUT2D eigenvalue weighted by atomic mass is 35.5. The molecule has 1 heterocycles. The summed E-state index contributed by atoms with van der Waals surface area (Å²) >= 11 is 6.17. The zero-order valence-electron chi connectivity index (χ0n) is 11.3. The van der Waals surface area contributed by atoms with E-state index >= 15 is 0 Å². The third-order valence-corrected chi connectivity index (χ3v) is 4.86. The zero-order chi connectivity index (χ0) is 13.0. The Balaban J connectivity index is 1.93. The van der Waals surface area contributed by atoms with E-state index in [1.807, 2.05) is 0 Å². The Hall–Kier alpha value is -1.02. The fraction of sp³-hybridized carbons (Fsp3) is 0.562. The molecule has 0 aliphatic heterocycles. The summed E-state index contributed by atoms with van der Waals surface area (Å²) in [6, 6.07) is 7.15.